The molecule has 1 aliphatic carbocycles. The lowest BCUT2D eigenvalue weighted by atomic mass is 9.79. The average molecular weight is 450 g/mol. The van der Waals surface area contributed by atoms with E-state index in [1.54, 1.807) is 4.90 Å². The highest BCUT2D eigenvalue weighted by Gasteiger charge is 2.34. The highest BCUT2D eigenvalue weighted by Crippen LogP contribution is 2.39. The van der Waals surface area contributed by atoms with Crippen LogP contribution in [0.15, 0.2) is 30.7 Å². The Hall–Kier alpha value is -2.83. The second kappa shape index (κ2) is 10.4. The van der Waals surface area contributed by atoms with Gasteiger partial charge in [0, 0.05) is 62.0 Å². The van der Waals surface area contributed by atoms with Gasteiger partial charge in [-0.25, -0.2) is 9.97 Å². The van der Waals surface area contributed by atoms with Crippen LogP contribution in [0.25, 0.3) is 11.1 Å². The van der Waals surface area contributed by atoms with E-state index in [4.69, 9.17) is 4.98 Å². The van der Waals surface area contributed by atoms with E-state index >= 15 is 0 Å². The van der Waals surface area contributed by atoms with Crippen LogP contribution in [0.1, 0.15) is 76.2 Å². The van der Waals surface area contributed by atoms with Crippen molar-refractivity contribution < 1.29 is 9.59 Å². The Kier molecular flexibility index (Phi) is 7.36. The third kappa shape index (κ3) is 5.40. The summed E-state index contributed by atoms with van der Waals surface area (Å²) < 4.78 is 0. The Morgan fingerprint density at radius 3 is 2.55 bits per heavy atom. The summed E-state index contributed by atoms with van der Waals surface area (Å²) in [6.07, 6.45) is 10.2. The lowest BCUT2D eigenvalue weighted by Crippen LogP contribution is -2.36. The summed E-state index contributed by atoms with van der Waals surface area (Å²) in [5.74, 6) is 1.96. The molecule has 7 nitrogen and oxygen atoms in total. The number of nitrogens with zero attached hydrogens (tertiary/aromatic N) is 4. The van der Waals surface area contributed by atoms with E-state index < -0.39 is 0 Å². The summed E-state index contributed by atoms with van der Waals surface area (Å²) >= 11 is 0. The smallest absolute Gasteiger partial charge is 0.225 e. The van der Waals surface area contributed by atoms with Crippen LogP contribution in [-0.4, -0.2) is 51.3 Å². The predicted molar refractivity (Wildman–Crippen MR) is 127 cm³/mol. The minimum Gasteiger partial charge on any atom is -0.356 e. The molecular formula is C26H35N5O2. The van der Waals surface area contributed by atoms with Crippen molar-refractivity contribution in [3.05, 3.63) is 42.2 Å². The molecule has 0 radical (unpaired) electrons. The number of carbonyl (C=O) groups is 2. The van der Waals surface area contributed by atoms with E-state index in [9.17, 15) is 9.59 Å². The molecule has 1 N–H and O–H groups in total. The normalized spacial score (nSPS) is 23.2. The molecule has 0 bridgehead atoms. The van der Waals surface area contributed by atoms with Crippen LogP contribution in [0.2, 0.25) is 0 Å². The first-order chi connectivity index (χ1) is 16.0. The third-order valence-electron chi connectivity index (χ3n) is 7.11. The molecule has 1 saturated carbocycles. The van der Waals surface area contributed by atoms with Gasteiger partial charge in [-0.3, -0.25) is 14.6 Å². The van der Waals surface area contributed by atoms with Crippen LogP contribution < -0.4 is 5.32 Å². The fourth-order valence-electron chi connectivity index (χ4n) is 5.04. The molecule has 1 saturated heterocycles. The van der Waals surface area contributed by atoms with Gasteiger partial charge in [-0.15, -0.1) is 0 Å². The van der Waals surface area contributed by atoms with Crippen molar-refractivity contribution >= 4 is 11.8 Å². The molecule has 2 amide bonds. The van der Waals surface area contributed by atoms with Gasteiger partial charge < -0.3 is 10.2 Å². The maximum Gasteiger partial charge on any atom is 0.225 e. The Labute approximate surface area is 196 Å². The topological polar surface area (TPSA) is 88.1 Å². The Morgan fingerprint density at radius 2 is 1.91 bits per heavy atom. The number of pyridine rings is 1. The quantitative estimate of drug-likeness (QED) is 0.692. The number of aromatic nitrogens is 3. The molecule has 0 spiro atoms. The fraction of sp³-hybridized carbons (Fsp3) is 0.577. The number of likely N-dealkylation sites (tertiary alicyclic amines) is 1. The number of hydrogen-bond acceptors (Lipinski definition) is 5. The number of carbonyl (C=O) groups excluding carboxylic acids is 2. The molecule has 1 aliphatic heterocycles. The van der Waals surface area contributed by atoms with Crippen LogP contribution in [0.4, 0.5) is 0 Å². The van der Waals surface area contributed by atoms with Crippen LogP contribution in [-0.2, 0) is 9.59 Å². The van der Waals surface area contributed by atoms with Gasteiger partial charge in [-0.1, -0.05) is 13.8 Å². The molecule has 176 valence electrons. The summed E-state index contributed by atoms with van der Waals surface area (Å²) in [5, 5.41) is 3.13. The zero-order chi connectivity index (χ0) is 23.4. The van der Waals surface area contributed by atoms with Crippen molar-refractivity contribution in [1.29, 1.82) is 0 Å². The number of nitrogens with one attached hydrogen (secondary N) is 1. The Bertz CT molecular complexity index is 970. The van der Waals surface area contributed by atoms with Crippen molar-refractivity contribution in [2.75, 3.05) is 19.6 Å². The van der Waals surface area contributed by atoms with Crippen molar-refractivity contribution in [3.8, 4) is 11.1 Å². The molecule has 0 aromatic carbocycles. The van der Waals surface area contributed by atoms with Gasteiger partial charge in [0.25, 0.3) is 0 Å². The van der Waals surface area contributed by atoms with E-state index in [2.05, 4.69) is 29.1 Å². The molecule has 4 rings (SSSR count). The van der Waals surface area contributed by atoms with Gasteiger partial charge in [0.15, 0.2) is 0 Å². The zero-order valence-corrected chi connectivity index (χ0v) is 20.0. The highest BCUT2D eigenvalue weighted by atomic mass is 16.2. The van der Waals surface area contributed by atoms with Crippen molar-refractivity contribution in [2.45, 2.75) is 64.7 Å². The minimum atomic E-state index is -0.202. The molecule has 2 aliphatic rings. The number of rotatable bonds is 7. The average Bonchev–Trinajstić information content (AvgIpc) is 3.23. The molecule has 0 unspecified atom stereocenters. The third-order valence-corrected chi connectivity index (χ3v) is 7.11. The van der Waals surface area contributed by atoms with E-state index in [1.807, 2.05) is 37.6 Å². The van der Waals surface area contributed by atoms with Gasteiger partial charge >= 0.3 is 0 Å². The number of amides is 2. The van der Waals surface area contributed by atoms with Crippen LogP contribution in [0.5, 0.6) is 0 Å². The molecule has 2 aromatic heterocycles. The Morgan fingerprint density at radius 1 is 1.18 bits per heavy atom. The summed E-state index contributed by atoms with van der Waals surface area (Å²) in [4.78, 5) is 40.0. The van der Waals surface area contributed by atoms with E-state index in [0.29, 0.717) is 37.9 Å². The van der Waals surface area contributed by atoms with E-state index in [1.165, 1.54) is 0 Å². The first-order valence-electron chi connectivity index (χ1n) is 12.3. The SMILES string of the molecule is CCN1C[C@H](C(=O)NCC2CCC(c3nc(C(C)C)ncc3-c3ccncc3)CC2)CC1=O. The first-order valence-corrected chi connectivity index (χ1v) is 12.3. The van der Waals surface area contributed by atoms with Crippen LogP contribution in [0, 0.1) is 11.8 Å². The van der Waals surface area contributed by atoms with E-state index in [0.717, 1.165) is 48.3 Å². The van der Waals surface area contributed by atoms with Crippen molar-refractivity contribution in [2.24, 2.45) is 11.8 Å². The van der Waals surface area contributed by atoms with Crippen LogP contribution in [0.3, 0.4) is 0 Å². The summed E-state index contributed by atoms with van der Waals surface area (Å²) in [6, 6.07) is 4.04. The summed E-state index contributed by atoms with van der Waals surface area (Å²) in [7, 11) is 0. The first kappa shape index (κ1) is 23.3. The molecule has 3 heterocycles. The second-order valence-corrected chi connectivity index (χ2v) is 9.71. The lowest BCUT2D eigenvalue weighted by molar-refractivity contribution is -0.128. The van der Waals surface area contributed by atoms with Gasteiger partial charge in [0.1, 0.15) is 5.82 Å². The lowest BCUT2D eigenvalue weighted by Gasteiger charge is -2.30. The monoisotopic (exact) mass is 449 g/mol. The minimum absolute atomic E-state index is 0.0266. The summed E-state index contributed by atoms with van der Waals surface area (Å²) in [5.41, 5.74) is 3.35. The molecule has 2 fully saturated rings. The fourth-order valence-corrected chi connectivity index (χ4v) is 5.04. The van der Waals surface area contributed by atoms with Crippen molar-refractivity contribution in [1.82, 2.24) is 25.2 Å². The van der Waals surface area contributed by atoms with Gasteiger partial charge in [0.05, 0.1) is 11.6 Å². The maximum atomic E-state index is 12.6. The highest BCUT2D eigenvalue weighted by molar-refractivity contribution is 5.89. The Balaban J connectivity index is 1.37. The number of hydrogen-bond donors (Lipinski definition) is 1. The molecule has 2 aromatic rings. The predicted octanol–water partition coefficient (Wildman–Crippen LogP) is 3.92. The zero-order valence-electron chi connectivity index (χ0n) is 20.0. The molecular weight excluding hydrogens is 414 g/mol. The largest absolute Gasteiger partial charge is 0.356 e. The van der Waals surface area contributed by atoms with Gasteiger partial charge in [-0.2, -0.15) is 0 Å². The van der Waals surface area contributed by atoms with Crippen LogP contribution >= 0.6 is 0 Å². The standard InChI is InChI=1S/C26H35N5O2/c1-4-31-16-21(13-23(31)32)26(33)29-14-18-5-7-20(8-6-18)24-22(19-9-11-27-12-10-19)15-28-25(30-24)17(2)3/h9-12,15,17-18,20-21H,4-8,13-14,16H2,1-3H3,(H,29,33)/t18?,20?,21-/m1/s1. The molecule has 7 heteroatoms. The second-order valence-electron chi connectivity index (χ2n) is 9.71. The molecule has 33 heavy (non-hydrogen) atoms. The summed E-state index contributed by atoms with van der Waals surface area (Å²) in [6.45, 7) is 8.14. The van der Waals surface area contributed by atoms with Gasteiger partial charge in [-0.05, 0) is 56.2 Å². The molecule has 1 atom stereocenters. The van der Waals surface area contributed by atoms with Crippen molar-refractivity contribution in [3.63, 3.8) is 0 Å². The van der Waals surface area contributed by atoms with E-state index in [-0.39, 0.29) is 23.7 Å². The van der Waals surface area contributed by atoms with Gasteiger partial charge in [0.2, 0.25) is 11.8 Å². The maximum absolute atomic E-state index is 12.6.